The Morgan fingerprint density at radius 2 is 0.271 bits per heavy atom. The first-order valence-electron chi connectivity index (χ1n) is 73.9. The highest BCUT2D eigenvalue weighted by Crippen LogP contribution is 2.50. The molecule has 0 fully saturated rings. The molecular formula is C144H90. The van der Waals surface area contributed by atoms with Crippen LogP contribution in [-0.4, -0.2) is 0 Å². The molecule has 0 N–H and O–H groups in total. The predicted octanol–water partition coefficient (Wildman–Crippen LogP) is 40.7. The van der Waals surface area contributed by atoms with Crippen molar-refractivity contribution in [3.05, 3.63) is 545 Å². The predicted molar refractivity (Wildman–Crippen MR) is 621 cm³/mol. The van der Waals surface area contributed by atoms with E-state index >= 15 is 0 Å². The van der Waals surface area contributed by atoms with Crippen LogP contribution in [0.5, 0.6) is 0 Å². The van der Waals surface area contributed by atoms with Crippen molar-refractivity contribution in [3.63, 3.8) is 0 Å². The second kappa shape index (κ2) is 34.7. The van der Waals surface area contributed by atoms with Crippen LogP contribution in [0.2, 0.25) is 0 Å². The van der Waals surface area contributed by atoms with Crippen molar-refractivity contribution < 1.29 is 78.1 Å². The lowest BCUT2D eigenvalue weighted by molar-refractivity contribution is 1.62. The molecule has 0 unspecified atom stereocenters. The van der Waals surface area contributed by atoms with E-state index in [1.165, 1.54) is 0 Å². The van der Waals surface area contributed by atoms with Gasteiger partial charge >= 0.3 is 0 Å². The standard InChI is InChI=1S/3C48H30/c3*1-3-11-39-31(7-1)9-5-13-41(39)33-15-19-35(20-16-33)43-27-25-37-23-24-38-26-28-44(46-30-29-45(43)47(37)48(38)46)36-21-17-34(18-22-36)42-14-6-10-32-8-2-4-12-40(32)42/h3*1-30H/i1D,2D,3D,4D,5D,6D,7D,8D,9D,10D,11D,12D,13D,14D,15D,16D,17D,18D,19D,20D,21D,22D,23D,24D,25D,26D,27D,28D,29D,30D;1D,3D,5D,7D,9D,11D,13D,15D,16D,19D,20D,23D,24D,25D,26D,27D,28D,29D,30D;23D,24D,25D,26D,27D,28D,29D,30D. The molecule has 0 aromatic heterocycles. The van der Waals surface area contributed by atoms with Gasteiger partial charge in [-0.3, -0.25) is 0 Å². The molecule has 0 saturated heterocycles. The second-order valence-electron chi connectivity index (χ2n) is 34.1. The van der Waals surface area contributed by atoms with E-state index in [9.17, 15) is 41.1 Å². The number of fused-ring (bicyclic) bond motifs is 6. The summed E-state index contributed by atoms with van der Waals surface area (Å²) in [6.07, 6.45) is 0. The lowest BCUT2D eigenvalue weighted by Gasteiger charge is -2.17. The summed E-state index contributed by atoms with van der Waals surface area (Å²) in [7, 11) is 0. The lowest BCUT2D eigenvalue weighted by atomic mass is 9.86. The van der Waals surface area contributed by atoms with Crippen LogP contribution < -0.4 is 0 Å². The van der Waals surface area contributed by atoms with E-state index in [0.717, 1.165) is 65.7 Å². The maximum absolute atomic E-state index is 9.63. The molecule has 30 aromatic carbocycles. The monoisotopic (exact) mass is 1880 g/mol. The summed E-state index contributed by atoms with van der Waals surface area (Å²) >= 11 is 0. The van der Waals surface area contributed by atoms with E-state index in [1.54, 1.807) is 12.1 Å². The third-order valence-electron chi connectivity index (χ3n) is 26.1. The maximum atomic E-state index is 9.63. The molecule has 0 aliphatic rings. The molecule has 30 rings (SSSR count). The molecule has 0 nitrogen and oxygen atoms in total. The highest BCUT2D eigenvalue weighted by molar-refractivity contribution is 6.31. The molecule has 0 spiro atoms. The van der Waals surface area contributed by atoms with Crippen molar-refractivity contribution in [1.29, 1.82) is 0 Å². The van der Waals surface area contributed by atoms with E-state index in [2.05, 4.69) is 48.5 Å². The average Bonchev–Trinajstić information content (AvgIpc) is 0.662. The van der Waals surface area contributed by atoms with Gasteiger partial charge in [0.2, 0.25) is 0 Å². The Hall–Kier alpha value is -18.7. The van der Waals surface area contributed by atoms with E-state index < -0.39 is 427 Å². The minimum absolute atomic E-state index is 0.0338. The fourth-order valence-electron chi connectivity index (χ4n) is 19.3. The molecule has 0 saturated carbocycles. The average molecular weight is 1880 g/mol. The van der Waals surface area contributed by atoms with Gasteiger partial charge in [-0.25, -0.2) is 0 Å². The van der Waals surface area contributed by atoms with Crippen molar-refractivity contribution in [3.8, 4) is 134 Å². The molecule has 0 heterocycles. The summed E-state index contributed by atoms with van der Waals surface area (Å²) in [5.74, 6) is 0. The topological polar surface area (TPSA) is 0 Å². The van der Waals surface area contributed by atoms with Crippen molar-refractivity contribution >= 4 is 162 Å². The minimum Gasteiger partial charge on any atom is -0.0616 e. The summed E-state index contributed by atoms with van der Waals surface area (Å²) in [5, 5.41) is -0.171. The molecule has 666 valence electrons. The molecular weight excluding hydrogens is 1730 g/mol. The van der Waals surface area contributed by atoms with Crippen LogP contribution >= 0.6 is 0 Å². The van der Waals surface area contributed by atoms with Crippen LogP contribution in [0.4, 0.5) is 0 Å². The zero-order valence-electron chi connectivity index (χ0n) is 132. The van der Waals surface area contributed by atoms with Crippen LogP contribution in [-0.2, 0) is 0 Å². The molecule has 0 bridgehead atoms. The van der Waals surface area contributed by atoms with Crippen LogP contribution in [0.25, 0.3) is 295 Å². The van der Waals surface area contributed by atoms with Crippen LogP contribution in [0.1, 0.15) is 78.1 Å². The minimum atomic E-state index is -1.05. The molecule has 30 aromatic rings. The van der Waals surface area contributed by atoms with E-state index in [1.807, 2.05) is 140 Å². The fourth-order valence-corrected chi connectivity index (χ4v) is 19.3. The highest BCUT2D eigenvalue weighted by atomic mass is 14.3. The van der Waals surface area contributed by atoms with Gasteiger partial charge in [0.1, 0.15) is 0 Å². The molecule has 0 amide bonds. The third-order valence-corrected chi connectivity index (χ3v) is 26.1. The molecule has 144 heavy (non-hydrogen) atoms. The zero-order chi connectivity index (χ0) is 144. The van der Waals surface area contributed by atoms with Crippen molar-refractivity contribution in [1.82, 2.24) is 0 Å². The Bertz CT molecular complexity index is 13500. The van der Waals surface area contributed by atoms with Crippen LogP contribution in [0, 0.1) is 0 Å². The summed E-state index contributed by atoms with van der Waals surface area (Å²) < 4.78 is 515. The quantitative estimate of drug-likeness (QED) is 0.107. The number of benzene rings is 30. The van der Waals surface area contributed by atoms with E-state index in [4.69, 9.17) is 37.0 Å². The van der Waals surface area contributed by atoms with Crippen molar-refractivity contribution in [2.45, 2.75) is 0 Å². The van der Waals surface area contributed by atoms with Gasteiger partial charge in [0.05, 0.1) is 78.1 Å². The maximum Gasteiger partial charge on any atom is 0.0630 e. The largest absolute Gasteiger partial charge is 0.0630 e. The Kier molecular flexibility index (Phi) is 10.6. The third kappa shape index (κ3) is 14.3. The first kappa shape index (κ1) is 44.2. The van der Waals surface area contributed by atoms with Gasteiger partial charge < -0.3 is 0 Å². The summed E-state index contributed by atoms with van der Waals surface area (Å²) in [4.78, 5) is 0. The van der Waals surface area contributed by atoms with Gasteiger partial charge in [0, 0.05) is 0 Å². The molecule has 0 atom stereocenters. The van der Waals surface area contributed by atoms with Gasteiger partial charge in [-0.15, -0.1) is 0 Å². The number of hydrogen-bond acceptors (Lipinski definition) is 0. The fraction of sp³-hybridized carbons (Fsp3) is 0. The first-order chi connectivity index (χ1) is 95.2. The van der Waals surface area contributed by atoms with E-state index in [0.29, 0.717) is 27.5 Å². The Morgan fingerprint density at radius 3 is 0.507 bits per heavy atom. The summed E-state index contributed by atoms with van der Waals surface area (Å²) in [5.41, 5.74) is -0.478. The van der Waals surface area contributed by atoms with Gasteiger partial charge in [0.25, 0.3) is 0 Å². The van der Waals surface area contributed by atoms with E-state index in [-0.39, 0.29) is 119 Å². The number of hydrogen-bond donors (Lipinski definition) is 0. The van der Waals surface area contributed by atoms with Crippen molar-refractivity contribution in [2.24, 2.45) is 0 Å². The van der Waals surface area contributed by atoms with Gasteiger partial charge in [-0.1, -0.05) is 545 Å². The highest BCUT2D eigenvalue weighted by Gasteiger charge is 2.23. The SMILES string of the molecule is [2H]c1c([2H])c(-c2c([2H])c([2H])c3c([2H])c([2H])c4c([2H])c([2H])c(-c5c([2H])c([2H])c(-c6c([2H])c([2H])c([2H])c7c([2H])c([2H])c([2H])c([2H])c67)c([2H])c5[2H])c5c([2H])c([2H])c2c3c45)c([2H])c([2H])c1-c1c([2H])c([2H])c([2H])c2c([2H])c([2H])c([2H])c([2H])c12.[2H]c1c([2H])c(-c2c([2H])c([2H])c3c([2H])c([2H])c4c([2H])c([2H])c(-c5ccc(-c6cccc7ccccc67)cc5)c5c([2H])c([2H])c2c3c45)c([2H])c([2H])c1-c1c([2H])c([2H])c([2H])c2c([2H])c([2H])c([2H])c([2H])c12.[2H]c1c([2H])c2c([2H])c([2H])c3c([2H])c([2H])c(-c4ccc(-c5cccc6ccccc56)cc4)c4c([2H])c([2H])c(c1-c1ccc(-c5cccc6ccccc56)cc1)c2c34. The molecule has 0 aliphatic heterocycles. The summed E-state index contributed by atoms with van der Waals surface area (Å²) in [6, 6.07) is 21.6. The lowest BCUT2D eigenvalue weighted by Crippen LogP contribution is -1.90. The normalized spacial score (nSPS) is 17.3. The van der Waals surface area contributed by atoms with Gasteiger partial charge in [-0.05, 0) is 295 Å². The Labute approximate surface area is 914 Å². The summed E-state index contributed by atoms with van der Waals surface area (Å²) in [6.45, 7) is 0. The molecule has 0 heteroatoms. The van der Waals surface area contributed by atoms with Gasteiger partial charge in [-0.2, -0.15) is 0 Å². The second-order valence-corrected chi connectivity index (χ2v) is 34.1. The molecule has 0 aliphatic carbocycles. The van der Waals surface area contributed by atoms with Crippen LogP contribution in [0.3, 0.4) is 0 Å². The van der Waals surface area contributed by atoms with Gasteiger partial charge in [0.15, 0.2) is 0 Å². The Morgan fingerprint density at radius 1 is 0.0903 bits per heavy atom. The Balaban J connectivity index is 0.000000135. The zero-order valence-corrected chi connectivity index (χ0v) is 74.6. The van der Waals surface area contributed by atoms with Crippen LogP contribution in [0.15, 0.2) is 545 Å². The van der Waals surface area contributed by atoms with Crippen molar-refractivity contribution in [2.75, 3.05) is 0 Å². The first-order valence-corrected chi connectivity index (χ1v) is 45.4. The smallest absolute Gasteiger partial charge is 0.0616 e. The molecule has 0 radical (unpaired) electrons. The number of rotatable bonds is 12.